The summed E-state index contributed by atoms with van der Waals surface area (Å²) in [6.45, 7) is 0. The Morgan fingerprint density at radius 3 is 1.59 bits per heavy atom. The van der Waals surface area contributed by atoms with Gasteiger partial charge in [-0.05, 0) is 56.4 Å². The van der Waals surface area contributed by atoms with E-state index in [9.17, 15) is 9.59 Å². The highest BCUT2D eigenvalue weighted by molar-refractivity contribution is 9.10. The Labute approximate surface area is 181 Å². The van der Waals surface area contributed by atoms with Gasteiger partial charge in [-0.2, -0.15) is 0 Å². The molecule has 1 heterocycles. The second-order valence-corrected chi connectivity index (χ2v) is 9.14. The van der Waals surface area contributed by atoms with Gasteiger partial charge >= 0.3 is 0 Å². The van der Waals surface area contributed by atoms with Crippen molar-refractivity contribution in [1.29, 1.82) is 0 Å². The quantitative estimate of drug-likeness (QED) is 0.446. The fourth-order valence-corrected chi connectivity index (χ4v) is 5.98. The minimum Gasteiger partial charge on any atom is -0.274 e. The first-order valence-corrected chi connectivity index (χ1v) is 10.8. The molecular formula is C24H15BrClNO2. The van der Waals surface area contributed by atoms with Gasteiger partial charge in [0.15, 0.2) is 0 Å². The van der Waals surface area contributed by atoms with Crippen LogP contribution in [0.2, 0.25) is 5.02 Å². The van der Waals surface area contributed by atoms with Crippen molar-refractivity contribution >= 4 is 45.0 Å². The minimum atomic E-state index is -0.375. The van der Waals surface area contributed by atoms with E-state index in [1.54, 1.807) is 18.2 Å². The Hall–Kier alpha value is -2.43. The molecule has 7 rings (SSSR count). The van der Waals surface area contributed by atoms with E-state index in [2.05, 4.69) is 40.2 Å². The SMILES string of the molecule is O=C1[C@@H]2C3c4ccccc4C(c4ccccc43)[C@@H]2C(=O)N1c1ccc(Br)c(Cl)c1. The van der Waals surface area contributed by atoms with Gasteiger partial charge in [-0.25, -0.2) is 4.90 Å². The molecule has 0 radical (unpaired) electrons. The van der Waals surface area contributed by atoms with E-state index in [0.29, 0.717) is 10.7 Å². The van der Waals surface area contributed by atoms with Gasteiger partial charge in [0.05, 0.1) is 22.5 Å². The summed E-state index contributed by atoms with van der Waals surface area (Å²) in [5.41, 5.74) is 5.24. The van der Waals surface area contributed by atoms with Crippen LogP contribution in [-0.4, -0.2) is 11.8 Å². The lowest BCUT2D eigenvalue weighted by Gasteiger charge is -2.45. The van der Waals surface area contributed by atoms with Crippen molar-refractivity contribution < 1.29 is 9.59 Å². The summed E-state index contributed by atoms with van der Waals surface area (Å²) in [5, 5.41) is 0.479. The molecule has 2 bridgehead atoms. The number of hydrogen-bond acceptors (Lipinski definition) is 2. The summed E-state index contributed by atoms with van der Waals surface area (Å²) in [4.78, 5) is 28.6. The van der Waals surface area contributed by atoms with Crippen molar-refractivity contribution in [2.24, 2.45) is 11.8 Å². The second-order valence-electron chi connectivity index (χ2n) is 7.88. The highest BCUT2D eigenvalue weighted by atomic mass is 79.9. The molecule has 0 spiro atoms. The average molecular weight is 465 g/mol. The molecule has 0 N–H and O–H groups in total. The van der Waals surface area contributed by atoms with Crippen molar-refractivity contribution in [2.45, 2.75) is 11.8 Å². The number of benzene rings is 3. The van der Waals surface area contributed by atoms with Crippen LogP contribution >= 0.6 is 27.5 Å². The molecule has 3 aromatic rings. The third-order valence-corrected chi connectivity index (χ3v) is 7.84. The summed E-state index contributed by atoms with van der Waals surface area (Å²) in [5.74, 6) is -1.19. The number of halogens is 2. The third kappa shape index (κ3) is 2.19. The van der Waals surface area contributed by atoms with Crippen molar-refractivity contribution in [3.05, 3.63) is 98.5 Å². The maximum atomic E-state index is 13.6. The highest BCUT2D eigenvalue weighted by Crippen LogP contribution is 2.61. The molecule has 142 valence electrons. The Morgan fingerprint density at radius 2 is 1.17 bits per heavy atom. The number of anilines is 1. The number of imide groups is 1. The first kappa shape index (κ1) is 17.4. The molecule has 29 heavy (non-hydrogen) atoms. The molecule has 3 aromatic carbocycles. The van der Waals surface area contributed by atoms with E-state index in [-0.39, 0.29) is 35.5 Å². The molecule has 1 aliphatic heterocycles. The minimum absolute atomic E-state index is 0.0928. The molecule has 1 saturated heterocycles. The van der Waals surface area contributed by atoms with Crippen LogP contribution in [-0.2, 0) is 9.59 Å². The van der Waals surface area contributed by atoms with Crippen LogP contribution in [0.5, 0.6) is 0 Å². The van der Waals surface area contributed by atoms with Crippen LogP contribution in [0.4, 0.5) is 5.69 Å². The van der Waals surface area contributed by atoms with Crippen LogP contribution in [0.15, 0.2) is 71.2 Å². The zero-order valence-corrected chi connectivity index (χ0v) is 17.5. The van der Waals surface area contributed by atoms with Crippen LogP contribution in [0.25, 0.3) is 0 Å². The smallest absolute Gasteiger partial charge is 0.238 e. The maximum Gasteiger partial charge on any atom is 0.238 e. The van der Waals surface area contributed by atoms with Gasteiger partial charge in [-0.3, -0.25) is 9.59 Å². The highest BCUT2D eigenvalue weighted by Gasteiger charge is 2.61. The first-order chi connectivity index (χ1) is 14.1. The van der Waals surface area contributed by atoms with Gasteiger partial charge in [0.1, 0.15) is 0 Å². The number of carbonyl (C=O) groups excluding carboxylic acids is 2. The summed E-state index contributed by atoms with van der Waals surface area (Å²) >= 11 is 9.64. The summed E-state index contributed by atoms with van der Waals surface area (Å²) in [6.07, 6.45) is 0. The van der Waals surface area contributed by atoms with E-state index in [0.717, 1.165) is 4.47 Å². The molecule has 4 aliphatic rings. The predicted molar refractivity (Wildman–Crippen MR) is 115 cm³/mol. The van der Waals surface area contributed by atoms with Crippen LogP contribution in [0.3, 0.4) is 0 Å². The van der Waals surface area contributed by atoms with Crippen molar-refractivity contribution in [1.82, 2.24) is 0 Å². The fourth-order valence-electron chi connectivity index (χ4n) is 5.56. The molecule has 1 fully saturated rings. The molecule has 3 nitrogen and oxygen atoms in total. The van der Waals surface area contributed by atoms with Crippen molar-refractivity contribution in [3.8, 4) is 0 Å². The molecule has 3 aliphatic carbocycles. The monoisotopic (exact) mass is 463 g/mol. The van der Waals surface area contributed by atoms with E-state index in [1.807, 2.05) is 24.3 Å². The predicted octanol–water partition coefficient (Wildman–Crippen LogP) is 5.50. The van der Waals surface area contributed by atoms with Gasteiger partial charge in [-0.1, -0.05) is 60.1 Å². The van der Waals surface area contributed by atoms with Gasteiger partial charge in [0.25, 0.3) is 0 Å². The third-order valence-electron chi connectivity index (χ3n) is 6.61. The van der Waals surface area contributed by atoms with Crippen LogP contribution in [0, 0.1) is 11.8 Å². The normalized spacial score (nSPS) is 26.3. The zero-order valence-electron chi connectivity index (χ0n) is 15.2. The molecule has 0 saturated carbocycles. The molecule has 2 amide bonds. The maximum absolute atomic E-state index is 13.6. The van der Waals surface area contributed by atoms with Gasteiger partial charge in [-0.15, -0.1) is 0 Å². The molecule has 5 heteroatoms. The van der Waals surface area contributed by atoms with Crippen molar-refractivity contribution in [2.75, 3.05) is 4.90 Å². The Kier molecular flexibility index (Phi) is 3.63. The molecule has 0 aromatic heterocycles. The molecule has 2 atom stereocenters. The number of hydrogen-bond donors (Lipinski definition) is 0. The summed E-state index contributed by atoms with van der Waals surface area (Å²) in [6, 6.07) is 21.7. The van der Waals surface area contributed by atoms with Crippen LogP contribution in [0.1, 0.15) is 34.1 Å². The Balaban J connectivity index is 1.56. The second kappa shape index (κ2) is 6.04. The number of amides is 2. The van der Waals surface area contributed by atoms with E-state index < -0.39 is 0 Å². The van der Waals surface area contributed by atoms with E-state index in [1.165, 1.54) is 27.2 Å². The van der Waals surface area contributed by atoms with E-state index >= 15 is 0 Å². The van der Waals surface area contributed by atoms with E-state index in [4.69, 9.17) is 11.6 Å². The lowest BCUT2D eigenvalue weighted by molar-refractivity contribution is -0.122. The average Bonchev–Trinajstić information content (AvgIpc) is 3.01. The largest absolute Gasteiger partial charge is 0.274 e. The zero-order chi connectivity index (χ0) is 19.9. The van der Waals surface area contributed by atoms with Crippen LogP contribution < -0.4 is 4.90 Å². The Bertz CT molecular complexity index is 1110. The molecule has 0 unspecified atom stereocenters. The fraction of sp³-hybridized carbons (Fsp3) is 0.167. The van der Waals surface area contributed by atoms with Gasteiger partial charge in [0, 0.05) is 16.3 Å². The van der Waals surface area contributed by atoms with Gasteiger partial charge < -0.3 is 0 Å². The first-order valence-electron chi connectivity index (χ1n) is 9.58. The Morgan fingerprint density at radius 1 is 0.724 bits per heavy atom. The number of carbonyl (C=O) groups is 2. The topological polar surface area (TPSA) is 37.4 Å². The summed E-state index contributed by atoms with van der Waals surface area (Å²) in [7, 11) is 0. The lowest BCUT2D eigenvalue weighted by Crippen LogP contribution is -2.41. The standard InChI is InChI=1S/C24H15BrClNO2/c25-17-10-9-12(11-18(17)26)27-23(28)21-19-13-5-1-2-6-14(13)20(22(21)24(27)29)16-8-4-3-7-15(16)19/h1-11,19-22H/t19?,20?,21-,22+. The lowest BCUT2D eigenvalue weighted by atomic mass is 9.55. The number of rotatable bonds is 1. The van der Waals surface area contributed by atoms with Crippen molar-refractivity contribution in [3.63, 3.8) is 0 Å². The van der Waals surface area contributed by atoms with Gasteiger partial charge in [0.2, 0.25) is 11.8 Å². The summed E-state index contributed by atoms with van der Waals surface area (Å²) < 4.78 is 0.735. The number of nitrogens with zero attached hydrogens (tertiary/aromatic N) is 1. The molecular weight excluding hydrogens is 450 g/mol.